The molecule has 1 rings (SSSR count). The van der Waals surface area contributed by atoms with Crippen molar-refractivity contribution in [2.45, 2.75) is 26.8 Å². The van der Waals surface area contributed by atoms with Gasteiger partial charge in [0.1, 0.15) is 6.04 Å². The van der Waals surface area contributed by atoms with Crippen molar-refractivity contribution in [2.24, 2.45) is 5.41 Å². The van der Waals surface area contributed by atoms with Gasteiger partial charge in [0.25, 0.3) is 0 Å². The van der Waals surface area contributed by atoms with Crippen molar-refractivity contribution in [1.29, 1.82) is 5.26 Å². The molecule has 0 unspecified atom stereocenters. The summed E-state index contributed by atoms with van der Waals surface area (Å²) >= 11 is 0. The van der Waals surface area contributed by atoms with Gasteiger partial charge in [-0.15, -0.1) is 0 Å². The number of rotatable bonds is 3. The van der Waals surface area contributed by atoms with E-state index in [0.717, 1.165) is 0 Å². The monoisotopic (exact) mass is 275 g/mol. The number of carboxylic acid groups (broad SMARTS) is 1. The van der Waals surface area contributed by atoms with Gasteiger partial charge < -0.3 is 15.7 Å². The van der Waals surface area contributed by atoms with Crippen LogP contribution in [0.2, 0.25) is 0 Å². The normalized spacial score (nSPS) is 12.1. The molecule has 0 heterocycles. The Kier molecular flexibility index (Phi) is 4.70. The average Bonchev–Trinajstić information content (AvgIpc) is 2.35. The van der Waals surface area contributed by atoms with Crippen LogP contribution < -0.4 is 10.6 Å². The van der Waals surface area contributed by atoms with Crippen molar-refractivity contribution in [1.82, 2.24) is 5.32 Å². The summed E-state index contributed by atoms with van der Waals surface area (Å²) in [4.78, 5) is 22.9. The molecule has 0 spiro atoms. The Labute approximate surface area is 117 Å². The van der Waals surface area contributed by atoms with Crippen LogP contribution in [0.3, 0.4) is 0 Å². The van der Waals surface area contributed by atoms with Gasteiger partial charge in [-0.25, -0.2) is 9.59 Å². The Morgan fingerprint density at radius 2 is 1.80 bits per heavy atom. The highest BCUT2D eigenvalue weighted by molar-refractivity contribution is 5.92. The van der Waals surface area contributed by atoms with E-state index in [4.69, 9.17) is 10.4 Å². The third-order valence-electron chi connectivity index (χ3n) is 2.66. The number of nitriles is 1. The first-order chi connectivity index (χ1) is 9.24. The number of urea groups is 1. The van der Waals surface area contributed by atoms with E-state index in [9.17, 15) is 9.59 Å². The van der Waals surface area contributed by atoms with Crippen molar-refractivity contribution in [3.05, 3.63) is 29.8 Å². The van der Waals surface area contributed by atoms with Gasteiger partial charge in [0, 0.05) is 5.69 Å². The van der Waals surface area contributed by atoms with Crippen molar-refractivity contribution >= 4 is 17.7 Å². The van der Waals surface area contributed by atoms with Crippen molar-refractivity contribution in [3.63, 3.8) is 0 Å². The molecule has 0 saturated carbocycles. The highest BCUT2D eigenvalue weighted by atomic mass is 16.4. The van der Waals surface area contributed by atoms with Crippen LogP contribution >= 0.6 is 0 Å². The van der Waals surface area contributed by atoms with Gasteiger partial charge in [-0.05, 0) is 29.7 Å². The number of hydrogen-bond acceptors (Lipinski definition) is 3. The van der Waals surface area contributed by atoms with Gasteiger partial charge in [-0.1, -0.05) is 20.8 Å². The second kappa shape index (κ2) is 6.06. The van der Waals surface area contributed by atoms with Gasteiger partial charge in [0.15, 0.2) is 0 Å². The van der Waals surface area contributed by atoms with Crippen LogP contribution in [-0.2, 0) is 4.79 Å². The van der Waals surface area contributed by atoms with E-state index in [1.807, 2.05) is 6.07 Å². The zero-order chi connectivity index (χ0) is 15.3. The molecule has 2 amide bonds. The Hall–Kier alpha value is -2.55. The molecule has 6 heteroatoms. The third kappa shape index (κ3) is 4.28. The Morgan fingerprint density at radius 1 is 1.25 bits per heavy atom. The molecule has 0 aliphatic heterocycles. The number of carboxylic acids is 1. The molecule has 106 valence electrons. The summed E-state index contributed by atoms with van der Waals surface area (Å²) in [7, 11) is 0. The van der Waals surface area contributed by atoms with Gasteiger partial charge >= 0.3 is 12.0 Å². The number of carbonyl (C=O) groups excluding carboxylic acids is 1. The van der Waals surface area contributed by atoms with Crippen LogP contribution in [0.4, 0.5) is 10.5 Å². The molecule has 20 heavy (non-hydrogen) atoms. The van der Waals surface area contributed by atoms with Crippen LogP contribution in [0.15, 0.2) is 24.3 Å². The van der Waals surface area contributed by atoms with E-state index in [1.165, 1.54) is 0 Å². The number of anilines is 1. The van der Waals surface area contributed by atoms with Crippen molar-refractivity contribution < 1.29 is 14.7 Å². The maximum absolute atomic E-state index is 11.8. The molecule has 1 aromatic rings. The van der Waals surface area contributed by atoms with E-state index >= 15 is 0 Å². The number of nitrogens with zero attached hydrogens (tertiary/aromatic N) is 1. The lowest BCUT2D eigenvalue weighted by atomic mass is 9.87. The fourth-order valence-corrected chi connectivity index (χ4v) is 1.58. The van der Waals surface area contributed by atoms with Gasteiger partial charge in [0.05, 0.1) is 11.6 Å². The number of hydrogen-bond donors (Lipinski definition) is 3. The first-order valence-electron chi connectivity index (χ1n) is 6.04. The maximum Gasteiger partial charge on any atom is 0.326 e. The molecule has 0 saturated heterocycles. The smallest absolute Gasteiger partial charge is 0.326 e. The highest BCUT2D eigenvalue weighted by Crippen LogP contribution is 2.19. The van der Waals surface area contributed by atoms with Crippen LogP contribution in [-0.4, -0.2) is 23.1 Å². The Balaban J connectivity index is 2.71. The molecular weight excluding hydrogens is 258 g/mol. The zero-order valence-corrected chi connectivity index (χ0v) is 11.6. The summed E-state index contributed by atoms with van der Waals surface area (Å²) in [6.07, 6.45) is 0. The fourth-order valence-electron chi connectivity index (χ4n) is 1.58. The summed E-state index contributed by atoms with van der Waals surface area (Å²) in [5.74, 6) is -1.09. The molecule has 0 aliphatic rings. The topological polar surface area (TPSA) is 102 Å². The lowest BCUT2D eigenvalue weighted by Crippen LogP contribution is -2.50. The maximum atomic E-state index is 11.8. The minimum Gasteiger partial charge on any atom is -0.480 e. The summed E-state index contributed by atoms with van der Waals surface area (Å²) < 4.78 is 0. The molecule has 1 atom stereocenters. The first kappa shape index (κ1) is 15.5. The van der Waals surface area contributed by atoms with E-state index in [2.05, 4.69) is 10.6 Å². The third-order valence-corrected chi connectivity index (χ3v) is 2.66. The molecule has 0 aliphatic carbocycles. The predicted octanol–water partition coefficient (Wildman–Crippen LogP) is 2.18. The summed E-state index contributed by atoms with van der Waals surface area (Å²) in [5.41, 5.74) is 0.363. The Morgan fingerprint density at radius 3 is 2.20 bits per heavy atom. The lowest BCUT2D eigenvalue weighted by molar-refractivity contribution is -0.141. The zero-order valence-electron chi connectivity index (χ0n) is 11.6. The predicted molar refractivity (Wildman–Crippen MR) is 74.2 cm³/mol. The van der Waals surface area contributed by atoms with Crippen LogP contribution in [0, 0.1) is 16.7 Å². The SMILES string of the molecule is CC(C)(C)[C@H](NC(=O)Nc1ccc(C#N)cc1)C(=O)O. The summed E-state index contributed by atoms with van der Waals surface area (Å²) in [5, 5.41) is 22.7. The van der Waals surface area contributed by atoms with E-state index in [1.54, 1.807) is 45.0 Å². The molecule has 6 nitrogen and oxygen atoms in total. The number of aliphatic carboxylic acids is 1. The molecule has 0 radical (unpaired) electrons. The largest absolute Gasteiger partial charge is 0.480 e. The van der Waals surface area contributed by atoms with Gasteiger partial charge in [-0.2, -0.15) is 5.26 Å². The molecular formula is C14H17N3O3. The molecule has 1 aromatic carbocycles. The lowest BCUT2D eigenvalue weighted by Gasteiger charge is -2.27. The minimum absolute atomic E-state index is 0.481. The standard InChI is InChI=1S/C14H17N3O3/c1-14(2,3)11(12(18)19)17-13(20)16-10-6-4-9(8-15)5-7-10/h4-7,11H,1-3H3,(H,18,19)(H2,16,17,20)/t11-/m1/s1. The minimum atomic E-state index is -1.09. The van der Waals surface area contributed by atoms with Crippen LogP contribution in [0.5, 0.6) is 0 Å². The van der Waals surface area contributed by atoms with Crippen LogP contribution in [0.1, 0.15) is 26.3 Å². The fraction of sp³-hybridized carbons (Fsp3) is 0.357. The van der Waals surface area contributed by atoms with Gasteiger partial charge in [-0.3, -0.25) is 0 Å². The van der Waals surface area contributed by atoms with Crippen LogP contribution in [0.25, 0.3) is 0 Å². The summed E-state index contributed by atoms with van der Waals surface area (Å²) in [6, 6.07) is 6.65. The number of nitrogens with one attached hydrogen (secondary N) is 2. The molecule has 0 aromatic heterocycles. The molecule has 0 bridgehead atoms. The van der Waals surface area contributed by atoms with E-state index in [-0.39, 0.29) is 0 Å². The first-order valence-corrected chi connectivity index (χ1v) is 6.04. The second-order valence-corrected chi connectivity index (χ2v) is 5.42. The quantitative estimate of drug-likeness (QED) is 0.786. The average molecular weight is 275 g/mol. The molecule has 0 fully saturated rings. The number of carbonyl (C=O) groups is 2. The van der Waals surface area contributed by atoms with E-state index < -0.39 is 23.5 Å². The summed E-state index contributed by atoms with van der Waals surface area (Å²) in [6.45, 7) is 5.19. The number of benzene rings is 1. The van der Waals surface area contributed by atoms with E-state index in [0.29, 0.717) is 11.3 Å². The van der Waals surface area contributed by atoms with Crippen molar-refractivity contribution in [2.75, 3.05) is 5.32 Å². The van der Waals surface area contributed by atoms with Crippen molar-refractivity contribution in [3.8, 4) is 6.07 Å². The molecule has 3 N–H and O–H groups in total. The second-order valence-electron chi connectivity index (χ2n) is 5.42. The highest BCUT2D eigenvalue weighted by Gasteiger charge is 2.32. The van der Waals surface area contributed by atoms with Gasteiger partial charge in [0.2, 0.25) is 0 Å². The number of amides is 2. The Bertz CT molecular complexity index is 538.